The third-order valence-electron chi connectivity index (χ3n) is 3.07. The molecule has 0 amide bonds. The molecule has 0 heterocycles. The number of nitrogen functional groups attached to an aromatic ring is 1. The van der Waals surface area contributed by atoms with E-state index in [0.29, 0.717) is 12.2 Å². The molecule has 1 aromatic rings. The van der Waals surface area contributed by atoms with Crippen molar-refractivity contribution in [1.82, 2.24) is 4.90 Å². The minimum absolute atomic E-state index is 0.113. The van der Waals surface area contributed by atoms with E-state index in [0.717, 1.165) is 18.7 Å². The molecule has 1 aromatic carbocycles. The minimum Gasteiger partial charge on any atom is -0.398 e. The maximum Gasteiger partial charge on any atom is 0.181 e. The van der Waals surface area contributed by atoms with Gasteiger partial charge in [0.25, 0.3) is 0 Å². The first-order chi connectivity index (χ1) is 8.40. The zero-order valence-corrected chi connectivity index (χ0v) is 12.1. The second-order valence-corrected chi connectivity index (χ2v) is 6.46. The zero-order chi connectivity index (χ0) is 13.8. The van der Waals surface area contributed by atoms with Gasteiger partial charge in [-0.25, -0.2) is 8.42 Å². The number of rotatable bonds is 6. The SMILES string of the molecule is CCN(CC)CCS(=O)(=O)c1ccc(C)cc1N. The number of nitrogens with two attached hydrogens (primary N) is 1. The topological polar surface area (TPSA) is 63.4 Å². The van der Waals surface area contributed by atoms with Gasteiger partial charge in [0.1, 0.15) is 0 Å². The molecule has 18 heavy (non-hydrogen) atoms. The molecule has 0 aliphatic carbocycles. The quantitative estimate of drug-likeness (QED) is 0.799. The van der Waals surface area contributed by atoms with Crippen LogP contribution in [0.2, 0.25) is 0 Å². The Morgan fingerprint density at radius 2 is 1.83 bits per heavy atom. The van der Waals surface area contributed by atoms with E-state index in [9.17, 15) is 8.42 Å². The van der Waals surface area contributed by atoms with Crippen molar-refractivity contribution < 1.29 is 8.42 Å². The summed E-state index contributed by atoms with van der Waals surface area (Å²) in [6.45, 7) is 8.20. The smallest absolute Gasteiger partial charge is 0.181 e. The third-order valence-corrected chi connectivity index (χ3v) is 4.83. The number of aryl methyl sites for hydroxylation is 1. The van der Waals surface area contributed by atoms with Crippen LogP contribution in [0.25, 0.3) is 0 Å². The van der Waals surface area contributed by atoms with Crippen LogP contribution >= 0.6 is 0 Å². The van der Waals surface area contributed by atoms with Gasteiger partial charge in [0, 0.05) is 6.54 Å². The summed E-state index contributed by atoms with van der Waals surface area (Å²) in [5.74, 6) is 0.113. The molecular formula is C13H22N2O2S. The van der Waals surface area contributed by atoms with Crippen LogP contribution in [-0.4, -0.2) is 38.7 Å². The van der Waals surface area contributed by atoms with E-state index >= 15 is 0 Å². The van der Waals surface area contributed by atoms with E-state index in [1.54, 1.807) is 18.2 Å². The van der Waals surface area contributed by atoms with Crippen molar-refractivity contribution in [3.05, 3.63) is 23.8 Å². The number of hydrogen-bond acceptors (Lipinski definition) is 4. The third kappa shape index (κ3) is 3.71. The molecule has 0 aliphatic rings. The summed E-state index contributed by atoms with van der Waals surface area (Å²) in [6, 6.07) is 5.08. The highest BCUT2D eigenvalue weighted by molar-refractivity contribution is 7.91. The van der Waals surface area contributed by atoms with Crippen LogP contribution in [-0.2, 0) is 9.84 Å². The Balaban J connectivity index is 2.86. The molecule has 0 spiro atoms. The molecule has 102 valence electrons. The summed E-state index contributed by atoms with van der Waals surface area (Å²) < 4.78 is 24.4. The number of benzene rings is 1. The lowest BCUT2D eigenvalue weighted by Gasteiger charge is -2.18. The van der Waals surface area contributed by atoms with Crippen molar-refractivity contribution in [1.29, 1.82) is 0 Å². The van der Waals surface area contributed by atoms with Gasteiger partial charge in [-0.15, -0.1) is 0 Å². The molecule has 1 rings (SSSR count). The fourth-order valence-electron chi connectivity index (χ4n) is 1.85. The summed E-state index contributed by atoms with van der Waals surface area (Å²) in [5.41, 5.74) is 7.10. The molecule has 0 aromatic heterocycles. The summed E-state index contributed by atoms with van der Waals surface area (Å²) >= 11 is 0. The maximum absolute atomic E-state index is 12.2. The Morgan fingerprint density at radius 1 is 1.22 bits per heavy atom. The Kier molecular flexibility index (Phi) is 5.16. The molecule has 0 bridgehead atoms. The van der Waals surface area contributed by atoms with Gasteiger partial charge in [0.15, 0.2) is 9.84 Å². The lowest BCUT2D eigenvalue weighted by atomic mass is 10.2. The highest BCUT2D eigenvalue weighted by Crippen LogP contribution is 2.20. The van der Waals surface area contributed by atoms with E-state index < -0.39 is 9.84 Å². The number of anilines is 1. The largest absolute Gasteiger partial charge is 0.398 e. The van der Waals surface area contributed by atoms with Crippen molar-refractivity contribution in [3.8, 4) is 0 Å². The fraction of sp³-hybridized carbons (Fsp3) is 0.538. The van der Waals surface area contributed by atoms with Gasteiger partial charge in [-0.05, 0) is 37.7 Å². The first-order valence-electron chi connectivity index (χ1n) is 6.22. The van der Waals surface area contributed by atoms with Crippen LogP contribution in [0.3, 0.4) is 0 Å². The highest BCUT2D eigenvalue weighted by Gasteiger charge is 2.18. The second-order valence-electron chi connectivity index (χ2n) is 4.39. The van der Waals surface area contributed by atoms with E-state index in [1.165, 1.54) is 0 Å². The van der Waals surface area contributed by atoms with Crippen LogP contribution in [0.5, 0.6) is 0 Å². The normalized spacial score (nSPS) is 12.0. The van der Waals surface area contributed by atoms with Gasteiger partial charge in [-0.1, -0.05) is 19.9 Å². The second kappa shape index (κ2) is 6.20. The fourth-order valence-corrected chi connectivity index (χ4v) is 3.26. The van der Waals surface area contributed by atoms with Crippen molar-refractivity contribution in [3.63, 3.8) is 0 Å². The minimum atomic E-state index is -3.29. The van der Waals surface area contributed by atoms with E-state index in [1.807, 2.05) is 20.8 Å². The lowest BCUT2D eigenvalue weighted by Crippen LogP contribution is -2.29. The molecule has 0 unspecified atom stereocenters. The molecule has 4 nitrogen and oxygen atoms in total. The highest BCUT2D eigenvalue weighted by atomic mass is 32.2. The van der Waals surface area contributed by atoms with Crippen molar-refractivity contribution >= 4 is 15.5 Å². The van der Waals surface area contributed by atoms with Crippen molar-refractivity contribution in [2.45, 2.75) is 25.7 Å². The van der Waals surface area contributed by atoms with Gasteiger partial charge < -0.3 is 10.6 Å². The van der Waals surface area contributed by atoms with Crippen LogP contribution in [0.15, 0.2) is 23.1 Å². The van der Waals surface area contributed by atoms with Gasteiger partial charge >= 0.3 is 0 Å². The Bertz CT molecular complexity index is 494. The van der Waals surface area contributed by atoms with Crippen molar-refractivity contribution in [2.75, 3.05) is 31.1 Å². The number of hydrogen-bond donors (Lipinski definition) is 1. The van der Waals surface area contributed by atoms with Gasteiger partial charge in [0.2, 0.25) is 0 Å². The van der Waals surface area contributed by atoms with Crippen LogP contribution in [0.4, 0.5) is 5.69 Å². The molecular weight excluding hydrogens is 248 g/mol. The van der Waals surface area contributed by atoms with Gasteiger partial charge in [-0.2, -0.15) is 0 Å². The van der Waals surface area contributed by atoms with E-state index in [4.69, 9.17) is 5.73 Å². The summed E-state index contributed by atoms with van der Waals surface area (Å²) in [4.78, 5) is 2.34. The monoisotopic (exact) mass is 270 g/mol. The Labute approximate surface area is 110 Å². The van der Waals surface area contributed by atoms with Gasteiger partial charge in [-0.3, -0.25) is 0 Å². The Hall–Kier alpha value is -1.07. The van der Waals surface area contributed by atoms with Crippen LogP contribution in [0, 0.1) is 6.92 Å². The average Bonchev–Trinajstić information content (AvgIpc) is 2.29. The standard InChI is InChI=1S/C13H22N2O2S/c1-4-15(5-2)8-9-18(16,17)13-7-6-11(3)10-12(13)14/h6-7,10H,4-5,8-9,14H2,1-3H3. The first kappa shape index (κ1) is 15.0. The lowest BCUT2D eigenvalue weighted by molar-refractivity contribution is 0.321. The predicted octanol–water partition coefficient (Wildman–Crippen LogP) is 1.69. The molecule has 0 saturated carbocycles. The summed E-state index contributed by atoms with van der Waals surface area (Å²) in [6.07, 6.45) is 0. The summed E-state index contributed by atoms with van der Waals surface area (Å²) in [7, 11) is -3.29. The molecule has 0 saturated heterocycles. The molecule has 0 aliphatic heterocycles. The number of sulfone groups is 1. The summed E-state index contributed by atoms with van der Waals surface area (Å²) in [5, 5.41) is 0. The Morgan fingerprint density at radius 3 is 2.33 bits per heavy atom. The molecule has 0 fully saturated rings. The van der Waals surface area contributed by atoms with Crippen LogP contribution < -0.4 is 5.73 Å². The zero-order valence-electron chi connectivity index (χ0n) is 11.3. The van der Waals surface area contributed by atoms with Gasteiger partial charge in [0.05, 0.1) is 16.3 Å². The predicted molar refractivity (Wildman–Crippen MR) is 75.4 cm³/mol. The molecule has 5 heteroatoms. The average molecular weight is 270 g/mol. The number of nitrogens with zero attached hydrogens (tertiary/aromatic N) is 1. The van der Waals surface area contributed by atoms with Crippen molar-refractivity contribution in [2.24, 2.45) is 0 Å². The molecule has 0 radical (unpaired) electrons. The van der Waals surface area contributed by atoms with E-state index in [-0.39, 0.29) is 10.6 Å². The first-order valence-corrected chi connectivity index (χ1v) is 7.87. The molecule has 0 atom stereocenters. The van der Waals surface area contributed by atoms with Crippen LogP contribution in [0.1, 0.15) is 19.4 Å². The maximum atomic E-state index is 12.2. The van der Waals surface area contributed by atoms with E-state index in [2.05, 4.69) is 4.90 Å². The molecule has 2 N–H and O–H groups in total.